The second-order valence-corrected chi connectivity index (χ2v) is 7.33. The molecule has 0 radical (unpaired) electrons. The molecule has 0 bridgehead atoms. The molecule has 3 rings (SSSR count). The van der Waals surface area contributed by atoms with Crippen LogP contribution in [0, 0.1) is 6.92 Å². The molecule has 1 aliphatic rings. The first-order valence-corrected chi connectivity index (χ1v) is 9.37. The van der Waals surface area contributed by atoms with Gasteiger partial charge < -0.3 is 14.4 Å². The second-order valence-electron chi connectivity index (χ2n) is 7.33. The molecule has 2 aromatic heterocycles. The zero-order valence-corrected chi connectivity index (χ0v) is 16.6. The molecular formula is C20H28N6O. The highest BCUT2D eigenvalue weighted by atomic mass is 16.2. The Hall–Kier alpha value is -2.54. The average Bonchev–Trinajstić information content (AvgIpc) is 3.00. The summed E-state index contributed by atoms with van der Waals surface area (Å²) >= 11 is 0. The fourth-order valence-electron chi connectivity index (χ4n) is 3.44. The molecule has 1 fully saturated rings. The number of aryl methyl sites for hydroxylation is 1. The van der Waals surface area contributed by atoms with Crippen molar-refractivity contribution < 1.29 is 4.79 Å². The highest BCUT2D eigenvalue weighted by molar-refractivity contribution is 5.87. The molecule has 27 heavy (non-hydrogen) atoms. The third-order valence-corrected chi connectivity index (χ3v) is 5.04. The van der Waals surface area contributed by atoms with Crippen molar-refractivity contribution in [2.75, 3.05) is 33.7 Å². The second kappa shape index (κ2) is 8.43. The number of rotatable bonds is 5. The summed E-state index contributed by atoms with van der Waals surface area (Å²) in [5.41, 5.74) is 2.78. The SMILES string of the molecule is Cc1ncc(-c2nccnc2C2CCCN(C(=O)/C=C/CN(C)C)C2)n1C. The number of likely N-dealkylation sites (tertiary alicyclic amines) is 1. The maximum atomic E-state index is 12.5. The molecule has 0 spiro atoms. The molecule has 0 saturated carbocycles. The smallest absolute Gasteiger partial charge is 0.246 e. The Kier molecular flexibility index (Phi) is 6.01. The Morgan fingerprint density at radius 1 is 1.30 bits per heavy atom. The number of carbonyl (C=O) groups is 1. The molecule has 0 N–H and O–H groups in total. The van der Waals surface area contributed by atoms with E-state index in [-0.39, 0.29) is 11.8 Å². The van der Waals surface area contributed by atoms with Crippen molar-refractivity contribution in [1.82, 2.24) is 29.3 Å². The number of hydrogen-bond acceptors (Lipinski definition) is 5. The standard InChI is InChI=1S/C20H28N6O/c1-15-23-13-17(25(15)4)20-19(21-9-10-22-20)16-7-5-12-26(14-16)18(27)8-6-11-24(2)3/h6,8-10,13,16H,5,7,11-12,14H2,1-4H3/b8-6+. The maximum Gasteiger partial charge on any atom is 0.246 e. The van der Waals surface area contributed by atoms with E-state index >= 15 is 0 Å². The molecule has 0 aromatic carbocycles. The largest absolute Gasteiger partial charge is 0.338 e. The molecule has 7 heteroatoms. The van der Waals surface area contributed by atoms with Crippen LogP contribution in [0.4, 0.5) is 0 Å². The lowest BCUT2D eigenvalue weighted by molar-refractivity contribution is -0.127. The number of nitrogens with zero attached hydrogens (tertiary/aromatic N) is 6. The fraction of sp³-hybridized carbons (Fsp3) is 0.500. The van der Waals surface area contributed by atoms with Crippen LogP contribution in [0.1, 0.15) is 30.3 Å². The Bertz CT molecular complexity index is 826. The summed E-state index contributed by atoms with van der Waals surface area (Å²) in [7, 11) is 5.96. The zero-order valence-electron chi connectivity index (χ0n) is 16.6. The summed E-state index contributed by atoms with van der Waals surface area (Å²) in [6, 6.07) is 0. The van der Waals surface area contributed by atoms with Crippen molar-refractivity contribution in [2.24, 2.45) is 7.05 Å². The van der Waals surface area contributed by atoms with Gasteiger partial charge in [-0.15, -0.1) is 0 Å². The molecule has 1 aliphatic heterocycles. The first-order chi connectivity index (χ1) is 13.0. The predicted molar refractivity (Wildman–Crippen MR) is 105 cm³/mol. The van der Waals surface area contributed by atoms with Crippen molar-refractivity contribution in [3.8, 4) is 11.4 Å². The van der Waals surface area contributed by atoms with E-state index in [1.807, 2.05) is 54.7 Å². The molecule has 1 unspecified atom stereocenters. The minimum atomic E-state index is 0.0726. The Morgan fingerprint density at radius 2 is 2.07 bits per heavy atom. The Balaban J connectivity index is 1.80. The minimum Gasteiger partial charge on any atom is -0.338 e. The van der Waals surface area contributed by atoms with E-state index in [0.717, 1.165) is 48.8 Å². The molecule has 1 saturated heterocycles. The van der Waals surface area contributed by atoms with Crippen molar-refractivity contribution in [3.05, 3.63) is 42.3 Å². The van der Waals surface area contributed by atoms with Crippen molar-refractivity contribution >= 4 is 5.91 Å². The summed E-state index contributed by atoms with van der Waals surface area (Å²) in [5.74, 6) is 1.19. The third kappa shape index (κ3) is 4.42. The van der Waals surface area contributed by atoms with Crippen LogP contribution in [0.2, 0.25) is 0 Å². The van der Waals surface area contributed by atoms with Crippen molar-refractivity contribution in [1.29, 1.82) is 0 Å². The highest BCUT2D eigenvalue weighted by Gasteiger charge is 2.28. The summed E-state index contributed by atoms with van der Waals surface area (Å²) in [6.45, 7) is 4.20. The molecule has 3 heterocycles. The lowest BCUT2D eigenvalue weighted by Gasteiger charge is -2.32. The van der Waals surface area contributed by atoms with Crippen LogP contribution in [0.15, 0.2) is 30.7 Å². The first-order valence-electron chi connectivity index (χ1n) is 9.37. The van der Waals surface area contributed by atoms with Crippen molar-refractivity contribution in [2.45, 2.75) is 25.7 Å². The molecule has 0 aliphatic carbocycles. The van der Waals surface area contributed by atoms with E-state index in [0.29, 0.717) is 6.54 Å². The number of carbonyl (C=O) groups excluding carboxylic acids is 1. The van der Waals surface area contributed by atoms with Gasteiger partial charge in [0, 0.05) is 51.1 Å². The van der Waals surface area contributed by atoms with Crippen LogP contribution in [0.25, 0.3) is 11.4 Å². The van der Waals surface area contributed by atoms with Gasteiger partial charge >= 0.3 is 0 Å². The van der Waals surface area contributed by atoms with Crippen molar-refractivity contribution in [3.63, 3.8) is 0 Å². The normalized spacial score (nSPS) is 17.8. The zero-order chi connectivity index (χ0) is 19.4. The predicted octanol–water partition coefficient (Wildman–Crippen LogP) is 2.01. The Labute approximate surface area is 160 Å². The number of likely N-dealkylation sites (N-methyl/N-ethyl adjacent to an activating group) is 1. The lowest BCUT2D eigenvalue weighted by atomic mass is 9.92. The van der Waals surface area contributed by atoms with Gasteiger partial charge in [0.05, 0.1) is 17.6 Å². The summed E-state index contributed by atoms with van der Waals surface area (Å²) < 4.78 is 2.03. The maximum absolute atomic E-state index is 12.5. The molecular weight excluding hydrogens is 340 g/mol. The van der Waals surface area contributed by atoms with Gasteiger partial charge in [-0.05, 0) is 33.9 Å². The average molecular weight is 368 g/mol. The van der Waals surface area contributed by atoms with Crippen LogP contribution >= 0.6 is 0 Å². The number of aromatic nitrogens is 4. The fourth-order valence-corrected chi connectivity index (χ4v) is 3.44. The van der Waals surface area contributed by atoms with Gasteiger partial charge in [0.15, 0.2) is 0 Å². The van der Waals surface area contributed by atoms with Gasteiger partial charge in [0.25, 0.3) is 0 Å². The summed E-state index contributed by atoms with van der Waals surface area (Å²) in [6.07, 6.45) is 10.9. The van der Waals surface area contributed by atoms with Crippen LogP contribution in [-0.4, -0.2) is 69.0 Å². The topological polar surface area (TPSA) is 67.2 Å². The van der Waals surface area contributed by atoms with Gasteiger partial charge in [-0.1, -0.05) is 6.08 Å². The number of imidazole rings is 1. The highest BCUT2D eigenvalue weighted by Crippen LogP contribution is 2.31. The lowest BCUT2D eigenvalue weighted by Crippen LogP contribution is -2.38. The quantitative estimate of drug-likeness (QED) is 0.755. The van der Waals surface area contributed by atoms with Gasteiger partial charge in [-0.2, -0.15) is 0 Å². The van der Waals surface area contributed by atoms with E-state index < -0.39 is 0 Å². The third-order valence-electron chi connectivity index (χ3n) is 5.04. The van der Waals surface area contributed by atoms with Gasteiger partial charge in [-0.3, -0.25) is 14.8 Å². The molecule has 1 amide bonds. The number of hydrogen-bond donors (Lipinski definition) is 0. The summed E-state index contributed by atoms with van der Waals surface area (Å²) in [4.78, 5) is 30.1. The molecule has 144 valence electrons. The molecule has 1 atom stereocenters. The van der Waals surface area contributed by atoms with Gasteiger partial charge in [0.1, 0.15) is 11.5 Å². The van der Waals surface area contributed by atoms with Crippen LogP contribution in [0.5, 0.6) is 0 Å². The first kappa shape index (κ1) is 19.2. The number of piperidine rings is 1. The molecule has 2 aromatic rings. The van der Waals surface area contributed by atoms with E-state index in [9.17, 15) is 4.79 Å². The molecule has 7 nitrogen and oxygen atoms in total. The number of amides is 1. The van der Waals surface area contributed by atoms with Crippen LogP contribution in [0.3, 0.4) is 0 Å². The van der Waals surface area contributed by atoms with E-state index in [1.165, 1.54) is 0 Å². The van der Waals surface area contributed by atoms with E-state index in [2.05, 4.69) is 15.0 Å². The van der Waals surface area contributed by atoms with E-state index in [4.69, 9.17) is 0 Å². The minimum absolute atomic E-state index is 0.0726. The monoisotopic (exact) mass is 368 g/mol. The van der Waals surface area contributed by atoms with Gasteiger partial charge in [-0.25, -0.2) is 4.98 Å². The van der Waals surface area contributed by atoms with Crippen LogP contribution < -0.4 is 0 Å². The van der Waals surface area contributed by atoms with Gasteiger partial charge in [0.2, 0.25) is 5.91 Å². The van der Waals surface area contributed by atoms with E-state index in [1.54, 1.807) is 18.5 Å². The van der Waals surface area contributed by atoms with Crippen LogP contribution in [-0.2, 0) is 11.8 Å². The Morgan fingerprint density at radius 3 is 2.78 bits per heavy atom. The summed E-state index contributed by atoms with van der Waals surface area (Å²) in [5, 5.41) is 0.